The van der Waals surface area contributed by atoms with Crippen LogP contribution in [0.1, 0.15) is 42.5 Å². The summed E-state index contributed by atoms with van der Waals surface area (Å²) in [6.45, 7) is 0.269. The maximum absolute atomic E-state index is 12.4. The third-order valence-electron chi connectivity index (χ3n) is 4.21. The van der Waals surface area contributed by atoms with Crippen LogP contribution in [0, 0.1) is 0 Å². The van der Waals surface area contributed by atoms with Crippen molar-refractivity contribution in [2.75, 3.05) is 6.54 Å². The third kappa shape index (κ3) is 3.20. The van der Waals surface area contributed by atoms with Crippen LogP contribution < -0.4 is 5.32 Å². The monoisotopic (exact) mass is 300 g/mol. The van der Waals surface area contributed by atoms with Gasteiger partial charge in [-0.2, -0.15) is 0 Å². The molecule has 1 fully saturated rings. The van der Waals surface area contributed by atoms with Crippen molar-refractivity contribution in [3.05, 3.63) is 42.1 Å². The number of hydrogen-bond donors (Lipinski definition) is 2. The van der Waals surface area contributed by atoms with Crippen LogP contribution in [-0.2, 0) is 0 Å². The molecule has 0 atom stereocenters. The summed E-state index contributed by atoms with van der Waals surface area (Å²) in [6, 6.07) is 9.39. The molecule has 3 rings (SSSR count). The number of aromatic nitrogens is 1. The molecule has 116 valence electrons. The average molecular weight is 300 g/mol. The number of rotatable bonds is 4. The molecule has 0 unspecified atom stereocenters. The SMILES string of the molecule is O=C(NCC1(O)CCCCC1)c1cnoc1-c1ccccc1. The van der Waals surface area contributed by atoms with E-state index in [0.29, 0.717) is 11.3 Å². The first kappa shape index (κ1) is 14.8. The second-order valence-corrected chi connectivity index (χ2v) is 5.90. The minimum Gasteiger partial charge on any atom is -0.388 e. The third-order valence-corrected chi connectivity index (χ3v) is 4.21. The van der Waals surface area contributed by atoms with Crippen molar-refractivity contribution in [3.63, 3.8) is 0 Å². The summed E-state index contributed by atoms with van der Waals surface area (Å²) in [5.74, 6) is 0.188. The normalized spacial score (nSPS) is 17.1. The zero-order valence-corrected chi connectivity index (χ0v) is 12.4. The predicted molar refractivity (Wildman–Crippen MR) is 82.3 cm³/mol. The highest BCUT2D eigenvalue weighted by molar-refractivity contribution is 5.99. The Bertz CT molecular complexity index is 630. The summed E-state index contributed by atoms with van der Waals surface area (Å²) in [5, 5.41) is 17.0. The van der Waals surface area contributed by atoms with Gasteiger partial charge in [-0.25, -0.2) is 0 Å². The zero-order chi connectivity index (χ0) is 15.4. The maximum atomic E-state index is 12.4. The molecule has 1 heterocycles. The van der Waals surface area contributed by atoms with Crippen LogP contribution in [-0.4, -0.2) is 28.3 Å². The molecule has 1 saturated carbocycles. The smallest absolute Gasteiger partial charge is 0.257 e. The topological polar surface area (TPSA) is 75.4 Å². The van der Waals surface area contributed by atoms with E-state index in [1.807, 2.05) is 30.3 Å². The largest absolute Gasteiger partial charge is 0.388 e. The molecule has 0 aliphatic heterocycles. The van der Waals surface area contributed by atoms with Gasteiger partial charge in [0.25, 0.3) is 5.91 Å². The molecule has 0 radical (unpaired) electrons. The van der Waals surface area contributed by atoms with E-state index in [1.54, 1.807) is 0 Å². The Hall–Kier alpha value is -2.14. The van der Waals surface area contributed by atoms with E-state index in [0.717, 1.165) is 37.7 Å². The van der Waals surface area contributed by atoms with Gasteiger partial charge in [0.05, 0.1) is 11.8 Å². The Morgan fingerprint density at radius 3 is 2.68 bits per heavy atom. The van der Waals surface area contributed by atoms with Gasteiger partial charge in [-0.15, -0.1) is 0 Å². The summed E-state index contributed by atoms with van der Waals surface area (Å²) < 4.78 is 5.22. The molecule has 0 spiro atoms. The Morgan fingerprint density at radius 1 is 1.23 bits per heavy atom. The van der Waals surface area contributed by atoms with Crippen LogP contribution in [0.2, 0.25) is 0 Å². The lowest BCUT2D eigenvalue weighted by atomic mass is 9.85. The summed E-state index contributed by atoms with van der Waals surface area (Å²) in [4.78, 5) is 12.4. The fraction of sp³-hybridized carbons (Fsp3) is 0.412. The molecule has 1 aliphatic carbocycles. The molecule has 0 bridgehead atoms. The maximum Gasteiger partial charge on any atom is 0.257 e. The number of hydrogen-bond acceptors (Lipinski definition) is 4. The first-order valence-corrected chi connectivity index (χ1v) is 7.69. The van der Waals surface area contributed by atoms with Gasteiger partial charge in [0.15, 0.2) is 5.76 Å². The Labute approximate surface area is 129 Å². The van der Waals surface area contributed by atoms with Crippen molar-refractivity contribution in [3.8, 4) is 11.3 Å². The highest BCUT2D eigenvalue weighted by Gasteiger charge is 2.30. The van der Waals surface area contributed by atoms with Crippen molar-refractivity contribution >= 4 is 5.91 Å². The fourth-order valence-corrected chi connectivity index (χ4v) is 2.93. The number of carbonyl (C=O) groups is 1. The molecule has 5 heteroatoms. The summed E-state index contributed by atoms with van der Waals surface area (Å²) >= 11 is 0. The van der Waals surface area contributed by atoms with E-state index in [9.17, 15) is 9.90 Å². The summed E-state index contributed by atoms with van der Waals surface area (Å²) in [6.07, 6.45) is 6.07. The zero-order valence-electron chi connectivity index (χ0n) is 12.4. The second kappa shape index (κ2) is 6.32. The molecule has 22 heavy (non-hydrogen) atoms. The van der Waals surface area contributed by atoms with Crippen LogP contribution in [0.5, 0.6) is 0 Å². The molecular formula is C17H20N2O3. The van der Waals surface area contributed by atoms with E-state index >= 15 is 0 Å². The number of nitrogens with one attached hydrogen (secondary N) is 1. The van der Waals surface area contributed by atoms with Crippen molar-refractivity contribution in [2.45, 2.75) is 37.7 Å². The predicted octanol–water partition coefficient (Wildman–Crippen LogP) is 2.77. The van der Waals surface area contributed by atoms with Crippen LogP contribution >= 0.6 is 0 Å². The summed E-state index contributed by atoms with van der Waals surface area (Å²) in [7, 11) is 0. The van der Waals surface area contributed by atoms with Gasteiger partial charge in [0, 0.05) is 12.1 Å². The standard InChI is InChI=1S/C17H20N2O3/c20-16(18-12-17(21)9-5-2-6-10-17)14-11-19-22-15(14)13-7-3-1-4-8-13/h1,3-4,7-8,11,21H,2,5-6,9-10,12H2,(H,18,20). The lowest BCUT2D eigenvalue weighted by Gasteiger charge is -2.32. The number of benzene rings is 1. The minimum atomic E-state index is -0.780. The fourth-order valence-electron chi connectivity index (χ4n) is 2.93. The van der Waals surface area contributed by atoms with Crippen molar-refractivity contribution in [1.82, 2.24) is 10.5 Å². The van der Waals surface area contributed by atoms with Crippen molar-refractivity contribution in [2.24, 2.45) is 0 Å². The first-order chi connectivity index (χ1) is 10.7. The lowest BCUT2D eigenvalue weighted by molar-refractivity contribution is 0.00525. The molecule has 1 aromatic carbocycles. The molecule has 0 saturated heterocycles. The molecule has 1 amide bonds. The molecule has 1 aliphatic rings. The first-order valence-electron chi connectivity index (χ1n) is 7.69. The average Bonchev–Trinajstić information content (AvgIpc) is 3.04. The Kier molecular flexibility index (Phi) is 4.24. The number of carbonyl (C=O) groups excluding carboxylic acids is 1. The van der Waals surface area contributed by atoms with E-state index in [-0.39, 0.29) is 12.5 Å². The van der Waals surface area contributed by atoms with E-state index in [2.05, 4.69) is 10.5 Å². The number of aliphatic hydroxyl groups is 1. The number of nitrogens with zero attached hydrogens (tertiary/aromatic N) is 1. The Morgan fingerprint density at radius 2 is 1.95 bits per heavy atom. The molecule has 2 aromatic rings. The van der Waals surface area contributed by atoms with Crippen LogP contribution in [0.15, 0.2) is 41.1 Å². The molecule has 2 N–H and O–H groups in total. The van der Waals surface area contributed by atoms with Gasteiger partial charge in [-0.1, -0.05) is 54.8 Å². The van der Waals surface area contributed by atoms with Crippen LogP contribution in [0.4, 0.5) is 0 Å². The van der Waals surface area contributed by atoms with Crippen LogP contribution in [0.25, 0.3) is 11.3 Å². The van der Waals surface area contributed by atoms with Crippen molar-refractivity contribution in [1.29, 1.82) is 0 Å². The second-order valence-electron chi connectivity index (χ2n) is 5.90. The van der Waals surface area contributed by atoms with E-state index in [4.69, 9.17) is 4.52 Å². The van der Waals surface area contributed by atoms with Crippen LogP contribution in [0.3, 0.4) is 0 Å². The van der Waals surface area contributed by atoms with Gasteiger partial charge in [-0.3, -0.25) is 4.79 Å². The number of amides is 1. The molecule has 5 nitrogen and oxygen atoms in total. The lowest BCUT2D eigenvalue weighted by Crippen LogP contribution is -2.44. The van der Waals surface area contributed by atoms with Gasteiger partial charge in [-0.05, 0) is 12.8 Å². The van der Waals surface area contributed by atoms with E-state index < -0.39 is 5.60 Å². The molecule has 1 aromatic heterocycles. The molecular weight excluding hydrogens is 280 g/mol. The highest BCUT2D eigenvalue weighted by Crippen LogP contribution is 2.28. The quantitative estimate of drug-likeness (QED) is 0.910. The van der Waals surface area contributed by atoms with Gasteiger partial charge < -0.3 is 14.9 Å². The minimum absolute atomic E-state index is 0.265. The van der Waals surface area contributed by atoms with Gasteiger partial charge in [0.1, 0.15) is 5.56 Å². The van der Waals surface area contributed by atoms with Gasteiger partial charge in [0.2, 0.25) is 0 Å². The Balaban J connectivity index is 1.70. The van der Waals surface area contributed by atoms with Gasteiger partial charge >= 0.3 is 0 Å². The van der Waals surface area contributed by atoms with Crippen molar-refractivity contribution < 1.29 is 14.4 Å². The summed E-state index contributed by atoms with van der Waals surface area (Å²) in [5.41, 5.74) is 0.421. The highest BCUT2D eigenvalue weighted by atomic mass is 16.5. The van der Waals surface area contributed by atoms with E-state index in [1.165, 1.54) is 6.20 Å².